The van der Waals surface area contributed by atoms with Crippen LogP contribution in [0.1, 0.15) is 31.7 Å². The molecule has 8 nitrogen and oxygen atoms in total. The minimum absolute atomic E-state index is 0.00576. The van der Waals surface area contributed by atoms with Crippen molar-refractivity contribution in [2.24, 2.45) is 0 Å². The van der Waals surface area contributed by atoms with E-state index >= 15 is 0 Å². The number of likely N-dealkylation sites (tertiary alicyclic amines) is 1. The molecule has 1 aromatic carbocycles. The number of carbonyl (C=O) groups excluding carboxylic acids is 2. The summed E-state index contributed by atoms with van der Waals surface area (Å²) in [6, 6.07) is 5.86. The molecule has 1 fully saturated rings. The van der Waals surface area contributed by atoms with Crippen LogP contribution < -0.4 is 0 Å². The zero-order chi connectivity index (χ0) is 17.5. The van der Waals surface area contributed by atoms with Crippen LogP contribution in [0, 0.1) is 10.1 Å². The van der Waals surface area contributed by atoms with E-state index in [-0.39, 0.29) is 24.4 Å². The van der Waals surface area contributed by atoms with E-state index in [1.54, 1.807) is 24.0 Å². The first kappa shape index (κ1) is 17.7. The Labute approximate surface area is 139 Å². The van der Waals surface area contributed by atoms with Crippen molar-refractivity contribution in [2.45, 2.75) is 38.9 Å². The van der Waals surface area contributed by atoms with E-state index in [0.717, 1.165) is 0 Å². The van der Waals surface area contributed by atoms with Gasteiger partial charge in [-0.3, -0.25) is 14.9 Å². The highest BCUT2D eigenvalue weighted by atomic mass is 16.6. The van der Waals surface area contributed by atoms with Gasteiger partial charge in [-0.05, 0) is 17.7 Å². The summed E-state index contributed by atoms with van der Waals surface area (Å²) < 4.78 is 10.5. The van der Waals surface area contributed by atoms with E-state index in [9.17, 15) is 19.7 Å². The number of hydrogen-bond donors (Lipinski definition) is 0. The molecular formula is C16H20N2O6. The van der Waals surface area contributed by atoms with Gasteiger partial charge in [-0.2, -0.15) is 0 Å². The number of nitro groups is 1. The van der Waals surface area contributed by atoms with E-state index in [0.29, 0.717) is 37.9 Å². The molecule has 2 rings (SSSR count). The van der Waals surface area contributed by atoms with Crippen molar-refractivity contribution in [3.63, 3.8) is 0 Å². The average molecular weight is 336 g/mol. The Hall–Kier alpha value is -2.64. The molecule has 1 aliphatic rings. The van der Waals surface area contributed by atoms with Crippen molar-refractivity contribution >= 4 is 17.7 Å². The monoisotopic (exact) mass is 336 g/mol. The summed E-state index contributed by atoms with van der Waals surface area (Å²) in [6.45, 7) is 2.75. The Balaban J connectivity index is 1.75. The third-order valence-electron chi connectivity index (χ3n) is 3.80. The molecule has 0 bridgehead atoms. The van der Waals surface area contributed by atoms with Gasteiger partial charge in [-0.15, -0.1) is 0 Å². The molecule has 0 unspecified atom stereocenters. The summed E-state index contributed by atoms with van der Waals surface area (Å²) in [4.78, 5) is 34.9. The van der Waals surface area contributed by atoms with Crippen molar-refractivity contribution in [3.8, 4) is 0 Å². The molecule has 8 heteroatoms. The molecule has 1 heterocycles. The highest BCUT2D eigenvalue weighted by molar-refractivity contribution is 5.69. The number of hydrogen-bond acceptors (Lipinski definition) is 6. The molecule has 0 N–H and O–H groups in total. The molecule has 130 valence electrons. The Morgan fingerprint density at radius 2 is 1.88 bits per heavy atom. The Morgan fingerprint density at radius 3 is 2.42 bits per heavy atom. The number of rotatable bonds is 5. The van der Waals surface area contributed by atoms with E-state index in [1.165, 1.54) is 12.1 Å². The largest absolute Gasteiger partial charge is 0.462 e. The standard InChI is InChI=1S/C16H20N2O6/c1-2-15(19)24-14-7-9-17(10-8-14)16(20)23-11-12-3-5-13(6-4-12)18(21)22/h3-6,14H,2,7-11H2,1H3. The third kappa shape index (κ3) is 4.94. The van der Waals surface area contributed by atoms with Gasteiger partial charge in [0.2, 0.25) is 0 Å². The molecule has 0 radical (unpaired) electrons. The first-order valence-corrected chi connectivity index (χ1v) is 7.84. The van der Waals surface area contributed by atoms with Gasteiger partial charge in [0, 0.05) is 44.5 Å². The van der Waals surface area contributed by atoms with E-state index in [2.05, 4.69) is 0 Å². The Kier molecular flexibility index (Phi) is 6.11. The van der Waals surface area contributed by atoms with Gasteiger partial charge in [0.05, 0.1) is 4.92 Å². The second kappa shape index (κ2) is 8.28. The smallest absolute Gasteiger partial charge is 0.410 e. The SMILES string of the molecule is CCC(=O)OC1CCN(C(=O)OCc2ccc([N+](=O)[O-])cc2)CC1. The minimum Gasteiger partial charge on any atom is -0.462 e. The average Bonchev–Trinajstić information content (AvgIpc) is 2.60. The van der Waals surface area contributed by atoms with Crippen LogP contribution in [-0.2, 0) is 20.9 Å². The normalized spacial score (nSPS) is 15.0. The number of nitro benzene ring substituents is 1. The molecule has 0 aliphatic carbocycles. The fourth-order valence-electron chi connectivity index (χ4n) is 2.38. The quantitative estimate of drug-likeness (QED) is 0.465. The van der Waals surface area contributed by atoms with Gasteiger partial charge in [0.1, 0.15) is 12.7 Å². The van der Waals surface area contributed by atoms with Gasteiger partial charge in [-0.1, -0.05) is 6.92 Å². The van der Waals surface area contributed by atoms with Crippen LogP contribution in [-0.4, -0.2) is 41.1 Å². The van der Waals surface area contributed by atoms with Crippen LogP contribution in [0.5, 0.6) is 0 Å². The summed E-state index contributed by atoms with van der Waals surface area (Å²) in [5, 5.41) is 10.6. The second-order valence-corrected chi connectivity index (χ2v) is 5.51. The summed E-state index contributed by atoms with van der Waals surface area (Å²) in [7, 11) is 0. The fourth-order valence-corrected chi connectivity index (χ4v) is 2.38. The number of amides is 1. The van der Waals surface area contributed by atoms with Gasteiger partial charge in [0.25, 0.3) is 5.69 Å². The van der Waals surface area contributed by atoms with Gasteiger partial charge >= 0.3 is 12.1 Å². The van der Waals surface area contributed by atoms with Crippen molar-refractivity contribution in [2.75, 3.05) is 13.1 Å². The lowest BCUT2D eigenvalue weighted by Crippen LogP contribution is -2.41. The van der Waals surface area contributed by atoms with Gasteiger partial charge in [0.15, 0.2) is 0 Å². The topological polar surface area (TPSA) is 99.0 Å². The summed E-state index contributed by atoms with van der Waals surface area (Å²) in [5.74, 6) is -0.228. The van der Waals surface area contributed by atoms with Crippen molar-refractivity contribution < 1.29 is 24.0 Å². The van der Waals surface area contributed by atoms with Crippen LogP contribution in [0.25, 0.3) is 0 Å². The first-order valence-electron chi connectivity index (χ1n) is 7.84. The lowest BCUT2D eigenvalue weighted by Gasteiger charge is -2.30. The first-order chi connectivity index (χ1) is 11.5. The minimum atomic E-state index is -0.481. The van der Waals surface area contributed by atoms with Crippen LogP contribution in [0.15, 0.2) is 24.3 Å². The molecule has 0 saturated carbocycles. The zero-order valence-electron chi connectivity index (χ0n) is 13.5. The van der Waals surface area contributed by atoms with E-state index in [4.69, 9.17) is 9.47 Å². The fraction of sp³-hybridized carbons (Fsp3) is 0.500. The highest BCUT2D eigenvalue weighted by Gasteiger charge is 2.25. The predicted molar refractivity (Wildman–Crippen MR) is 84.3 cm³/mol. The second-order valence-electron chi connectivity index (χ2n) is 5.51. The lowest BCUT2D eigenvalue weighted by molar-refractivity contribution is -0.384. The number of ether oxygens (including phenoxy) is 2. The van der Waals surface area contributed by atoms with Crippen molar-refractivity contribution in [1.82, 2.24) is 4.90 Å². The molecule has 1 aliphatic heterocycles. The molecule has 1 amide bonds. The molecule has 0 aromatic heterocycles. The van der Waals surface area contributed by atoms with Crippen LogP contribution >= 0.6 is 0 Å². The maximum atomic E-state index is 12.0. The van der Waals surface area contributed by atoms with E-state index < -0.39 is 11.0 Å². The maximum Gasteiger partial charge on any atom is 0.410 e. The predicted octanol–water partition coefficient (Wildman–Crippen LogP) is 2.65. The Morgan fingerprint density at radius 1 is 1.25 bits per heavy atom. The zero-order valence-corrected chi connectivity index (χ0v) is 13.5. The van der Waals surface area contributed by atoms with Gasteiger partial charge in [-0.25, -0.2) is 4.79 Å². The number of nitrogens with zero attached hydrogens (tertiary/aromatic N) is 2. The molecule has 0 atom stereocenters. The Bertz CT molecular complexity index is 593. The third-order valence-corrected chi connectivity index (χ3v) is 3.80. The number of benzene rings is 1. The van der Waals surface area contributed by atoms with Crippen LogP contribution in [0.3, 0.4) is 0 Å². The van der Waals surface area contributed by atoms with Gasteiger partial charge < -0.3 is 14.4 Å². The summed E-state index contributed by atoms with van der Waals surface area (Å²) in [5.41, 5.74) is 0.675. The lowest BCUT2D eigenvalue weighted by atomic mass is 10.1. The highest BCUT2D eigenvalue weighted by Crippen LogP contribution is 2.17. The molecule has 0 spiro atoms. The summed E-state index contributed by atoms with van der Waals surface area (Å²) >= 11 is 0. The van der Waals surface area contributed by atoms with E-state index in [1.807, 2.05) is 0 Å². The van der Waals surface area contributed by atoms with Crippen molar-refractivity contribution in [3.05, 3.63) is 39.9 Å². The van der Waals surface area contributed by atoms with Crippen LogP contribution in [0.2, 0.25) is 0 Å². The maximum absolute atomic E-state index is 12.0. The van der Waals surface area contributed by atoms with Crippen molar-refractivity contribution in [1.29, 1.82) is 0 Å². The summed E-state index contributed by atoms with van der Waals surface area (Å²) in [6.07, 6.45) is 0.957. The molecule has 1 saturated heterocycles. The molecule has 24 heavy (non-hydrogen) atoms. The number of non-ortho nitro benzene ring substituents is 1. The van der Waals surface area contributed by atoms with Crippen LogP contribution in [0.4, 0.5) is 10.5 Å². The number of piperidine rings is 1. The number of carbonyl (C=O) groups is 2. The number of esters is 1. The molecular weight excluding hydrogens is 316 g/mol. The molecule has 1 aromatic rings.